The highest BCUT2D eigenvalue weighted by Crippen LogP contribution is 2.30. The summed E-state index contributed by atoms with van der Waals surface area (Å²) < 4.78 is 0. The number of fused-ring (bicyclic) bond motifs is 1. The van der Waals surface area contributed by atoms with Crippen molar-refractivity contribution in [1.29, 1.82) is 0 Å². The summed E-state index contributed by atoms with van der Waals surface area (Å²) in [6.07, 6.45) is 3.54. The van der Waals surface area contributed by atoms with E-state index in [1.165, 1.54) is 24.0 Å². The van der Waals surface area contributed by atoms with Crippen LogP contribution < -0.4 is 10.6 Å². The molecule has 0 aromatic heterocycles. The maximum atomic E-state index is 11.8. The van der Waals surface area contributed by atoms with Gasteiger partial charge in [0.25, 0.3) is 0 Å². The highest BCUT2D eigenvalue weighted by atomic mass is 16.2. The lowest BCUT2D eigenvalue weighted by Gasteiger charge is -2.30. The molecule has 1 atom stereocenters. The van der Waals surface area contributed by atoms with Crippen molar-refractivity contribution in [2.75, 3.05) is 13.6 Å². The Kier molecular flexibility index (Phi) is 4.25. The summed E-state index contributed by atoms with van der Waals surface area (Å²) in [7, 11) is 1.69. The van der Waals surface area contributed by atoms with Crippen LogP contribution in [0.15, 0.2) is 24.3 Å². The first-order valence-corrected chi connectivity index (χ1v) is 7.08. The maximum absolute atomic E-state index is 11.8. The van der Waals surface area contributed by atoms with Crippen LogP contribution in [-0.2, 0) is 11.2 Å². The first-order valence-electron chi connectivity index (χ1n) is 7.08. The molecule has 1 aromatic rings. The third-order valence-corrected chi connectivity index (χ3v) is 4.00. The highest BCUT2D eigenvalue weighted by molar-refractivity contribution is 5.81. The molecule has 0 radical (unpaired) electrons. The number of aryl methyl sites for hydroxylation is 1. The van der Waals surface area contributed by atoms with E-state index in [0.29, 0.717) is 12.6 Å². The highest BCUT2D eigenvalue weighted by Gasteiger charge is 2.28. The van der Waals surface area contributed by atoms with Crippen molar-refractivity contribution in [3.05, 3.63) is 35.4 Å². The van der Waals surface area contributed by atoms with Crippen LogP contribution in [0.4, 0.5) is 0 Å². The lowest BCUT2D eigenvalue weighted by molar-refractivity contribution is -0.128. The average Bonchev–Trinajstić information content (AvgIpc) is 2.44. The van der Waals surface area contributed by atoms with Crippen LogP contribution in [0, 0.1) is 5.41 Å². The van der Waals surface area contributed by atoms with Gasteiger partial charge in [0.15, 0.2) is 0 Å². The van der Waals surface area contributed by atoms with Gasteiger partial charge in [-0.3, -0.25) is 4.79 Å². The fourth-order valence-electron chi connectivity index (χ4n) is 2.76. The topological polar surface area (TPSA) is 41.1 Å². The second-order valence-corrected chi connectivity index (χ2v) is 5.99. The largest absolute Gasteiger partial charge is 0.359 e. The Bertz CT molecular complexity index is 454. The zero-order chi connectivity index (χ0) is 13.9. The predicted molar refractivity (Wildman–Crippen MR) is 78.0 cm³/mol. The molecule has 0 spiro atoms. The van der Waals surface area contributed by atoms with Crippen molar-refractivity contribution >= 4 is 5.91 Å². The van der Waals surface area contributed by atoms with E-state index in [1.807, 2.05) is 13.8 Å². The van der Waals surface area contributed by atoms with Gasteiger partial charge >= 0.3 is 0 Å². The molecule has 0 saturated carbocycles. The number of nitrogens with one attached hydrogen (secondary N) is 2. The van der Waals surface area contributed by atoms with E-state index in [2.05, 4.69) is 34.9 Å². The summed E-state index contributed by atoms with van der Waals surface area (Å²) in [5.41, 5.74) is 2.48. The smallest absolute Gasteiger partial charge is 0.226 e. The molecule has 2 N–H and O–H groups in total. The maximum Gasteiger partial charge on any atom is 0.226 e. The fraction of sp³-hybridized carbons (Fsp3) is 0.562. The van der Waals surface area contributed by atoms with Crippen LogP contribution in [-0.4, -0.2) is 19.5 Å². The Hall–Kier alpha value is -1.35. The molecule has 0 heterocycles. The fourth-order valence-corrected chi connectivity index (χ4v) is 2.76. The Morgan fingerprint density at radius 2 is 2.11 bits per heavy atom. The van der Waals surface area contributed by atoms with Gasteiger partial charge in [-0.1, -0.05) is 24.3 Å². The first kappa shape index (κ1) is 14.1. The standard InChI is InChI=1S/C16H24N2O/c1-16(2,15(19)17-3)11-18-14-10-6-8-12-7-4-5-9-13(12)14/h4-5,7,9,14,18H,6,8,10-11H2,1-3H3,(H,17,19). The van der Waals surface area contributed by atoms with E-state index in [0.717, 1.165) is 6.42 Å². The SMILES string of the molecule is CNC(=O)C(C)(C)CNC1CCCc2ccccc21. The molecule has 2 rings (SSSR count). The van der Waals surface area contributed by atoms with Crippen molar-refractivity contribution in [2.24, 2.45) is 5.41 Å². The molecule has 0 fully saturated rings. The molecule has 1 aromatic carbocycles. The normalized spacial score (nSPS) is 18.8. The summed E-state index contributed by atoms with van der Waals surface area (Å²) in [5.74, 6) is 0.0871. The summed E-state index contributed by atoms with van der Waals surface area (Å²) in [6, 6.07) is 9.01. The number of carbonyl (C=O) groups is 1. The van der Waals surface area contributed by atoms with Gasteiger partial charge in [-0.2, -0.15) is 0 Å². The molecule has 1 amide bonds. The zero-order valence-electron chi connectivity index (χ0n) is 12.1. The molecular formula is C16H24N2O. The molecular weight excluding hydrogens is 236 g/mol. The van der Waals surface area contributed by atoms with Gasteiger partial charge in [0.1, 0.15) is 0 Å². The Balaban J connectivity index is 2.04. The molecule has 0 saturated heterocycles. The number of hydrogen-bond acceptors (Lipinski definition) is 2. The minimum atomic E-state index is -0.374. The van der Waals surface area contributed by atoms with Crippen molar-refractivity contribution < 1.29 is 4.79 Å². The lowest BCUT2D eigenvalue weighted by Crippen LogP contribution is -2.43. The molecule has 0 bridgehead atoms. The molecule has 1 aliphatic rings. The molecule has 0 aliphatic heterocycles. The Morgan fingerprint density at radius 1 is 1.37 bits per heavy atom. The Labute approximate surface area is 115 Å². The third kappa shape index (κ3) is 3.16. The molecule has 1 unspecified atom stereocenters. The van der Waals surface area contributed by atoms with Gasteiger partial charge < -0.3 is 10.6 Å². The molecule has 104 valence electrons. The van der Waals surface area contributed by atoms with Crippen LogP contribution in [0.25, 0.3) is 0 Å². The molecule has 1 aliphatic carbocycles. The predicted octanol–water partition coefficient (Wildman–Crippen LogP) is 2.43. The van der Waals surface area contributed by atoms with E-state index in [4.69, 9.17) is 0 Å². The average molecular weight is 260 g/mol. The van der Waals surface area contributed by atoms with E-state index in [1.54, 1.807) is 7.05 Å². The third-order valence-electron chi connectivity index (χ3n) is 4.00. The number of rotatable bonds is 4. The zero-order valence-corrected chi connectivity index (χ0v) is 12.1. The van der Waals surface area contributed by atoms with Gasteiger partial charge in [-0.05, 0) is 44.2 Å². The van der Waals surface area contributed by atoms with Gasteiger partial charge in [-0.15, -0.1) is 0 Å². The summed E-state index contributed by atoms with van der Waals surface area (Å²) in [6.45, 7) is 4.66. The van der Waals surface area contributed by atoms with Gasteiger partial charge in [0, 0.05) is 19.6 Å². The minimum Gasteiger partial charge on any atom is -0.359 e. The minimum absolute atomic E-state index is 0.0871. The van der Waals surface area contributed by atoms with Gasteiger partial charge in [-0.25, -0.2) is 0 Å². The van der Waals surface area contributed by atoms with Crippen LogP contribution in [0.5, 0.6) is 0 Å². The Morgan fingerprint density at radius 3 is 2.84 bits per heavy atom. The van der Waals surface area contributed by atoms with Gasteiger partial charge in [0.2, 0.25) is 5.91 Å². The second kappa shape index (κ2) is 5.74. The molecule has 19 heavy (non-hydrogen) atoms. The van der Waals surface area contributed by atoms with Crippen molar-refractivity contribution in [1.82, 2.24) is 10.6 Å². The summed E-state index contributed by atoms with van der Waals surface area (Å²) in [5, 5.41) is 6.31. The van der Waals surface area contributed by atoms with E-state index in [-0.39, 0.29) is 11.3 Å². The second-order valence-electron chi connectivity index (χ2n) is 5.99. The first-order chi connectivity index (χ1) is 9.04. The van der Waals surface area contributed by atoms with Crippen molar-refractivity contribution in [3.8, 4) is 0 Å². The van der Waals surface area contributed by atoms with E-state index < -0.39 is 0 Å². The molecule has 3 heteroatoms. The van der Waals surface area contributed by atoms with Crippen molar-refractivity contribution in [3.63, 3.8) is 0 Å². The quantitative estimate of drug-likeness (QED) is 0.873. The number of amides is 1. The van der Waals surface area contributed by atoms with Crippen molar-refractivity contribution in [2.45, 2.75) is 39.2 Å². The summed E-state index contributed by atoms with van der Waals surface area (Å²) in [4.78, 5) is 11.8. The monoisotopic (exact) mass is 260 g/mol. The molecule has 3 nitrogen and oxygen atoms in total. The van der Waals surface area contributed by atoms with Crippen LogP contribution in [0.3, 0.4) is 0 Å². The van der Waals surface area contributed by atoms with Crippen LogP contribution in [0.1, 0.15) is 43.9 Å². The van der Waals surface area contributed by atoms with Gasteiger partial charge in [0.05, 0.1) is 5.41 Å². The van der Waals surface area contributed by atoms with Crippen LogP contribution >= 0.6 is 0 Å². The number of hydrogen-bond donors (Lipinski definition) is 2. The lowest BCUT2D eigenvalue weighted by atomic mass is 9.86. The van der Waals surface area contributed by atoms with E-state index >= 15 is 0 Å². The van der Waals surface area contributed by atoms with Crippen LogP contribution in [0.2, 0.25) is 0 Å². The number of carbonyl (C=O) groups excluding carboxylic acids is 1. The van der Waals surface area contributed by atoms with E-state index in [9.17, 15) is 4.79 Å². The summed E-state index contributed by atoms with van der Waals surface area (Å²) >= 11 is 0. The number of benzene rings is 1.